The zero-order valence-electron chi connectivity index (χ0n) is 18.1. The fraction of sp³-hybridized carbons (Fsp3) is 0.391. The number of halogens is 2. The molecule has 0 saturated heterocycles. The van der Waals surface area contributed by atoms with E-state index in [2.05, 4.69) is 29.8 Å². The van der Waals surface area contributed by atoms with Crippen molar-refractivity contribution in [1.82, 2.24) is 9.55 Å². The fourth-order valence-electron chi connectivity index (χ4n) is 3.51. The van der Waals surface area contributed by atoms with Crippen molar-refractivity contribution in [3.63, 3.8) is 0 Å². The third-order valence-electron chi connectivity index (χ3n) is 5.30. The van der Waals surface area contributed by atoms with E-state index in [0.717, 1.165) is 33.5 Å². The molecule has 0 fully saturated rings. The summed E-state index contributed by atoms with van der Waals surface area (Å²) in [5.41, 5.74) is 4.41. The Morgan fingerprint density at radius 3 is 2.60 bits per heavy atom. The number of aryl methyl sites for hydroxylation is 1. The molecule has 0 saturated carbocycles. The lowest BCUT2D eigenvalue weighted by Gasteiger charge is -2.24. The Balaban J connectivity index is 2.05. The summed E-state index contributed by atoms with van der Waals surface area (Å²) < 4.78 is 23.0. The van der Waals surface area contributed by atoms with Gasteiger partial charge in [0, 0.05) is 35.0 Å². The molecule has 2 aromatic heterocycles. The number of pyridine rings is 1. The molecule has 0 spiro atoms. The zero-order valence-corrected chi connectivity index (χ0v) is 19.6. The maximum Gasteiger partial charge on any atom is 0.129 e. The van der Waals surface area contributed by atoms with Crippen LogP contribution in [0, 0.1) is 31.0 Å². The predicted octanol–water partition coefficient (Wildman–Crippen LogP) is 5.58. The van der Waals surface area contributed by atoms with Gasteiger partial charge in [0.2, 0.25) is 0 Å². The topological polar surface area (TPSA) is 50.8 Å². The Morgan fingerprint density at radius 2 is 2.00 bits per heavy atom. The van der Waals surface area contributed by atoms with Gasteiger partial charge in [-0.15, -0.1) is 0 Å². The molecule has 0 atom stereocenters. The quantitative estimate of drug-likeness (QED) is 0.351. The summed E-state index contributed by atoms with van der Waals surface area (Å²) in [4.78, 5) is 4.10. The van der Waals surface area contributed by atoms with Crippen LogP contribution >= 0.6 is 21.6 Å². The fourth-order valence-corrected chi connectivity index (χ4v) is 4.24. The molecular formula is C23H27ClFN3OS. The number of hydrogen-bond acceptors (Lipinski definition) is 3. The van der Waals surface area contributed by atoms with Crippen molar-refractivity contribution in [3.05, 3.63) is 63.3 Å². The van der Waals surface area contributed by atoms with Crippen LogP contribution in [0.5, 0.6) is 0 Å². The summed E-state index contributed by atoms with van der Waals surface area (Å²) in [6.07, 6.45) is 8.79. The standard InChI is InChI=1S/C23H27ClFN3OS/c1-15-16(2)28(14-29-8-9-30(3,4)5)23-18(12-26)11-20(25)19(22(15)23)10-17-6-7-21(24)27-13-17/h6-7,11,13H,8-10,14H2,1-5H3. The van der Waals surface area contributed by atoms with Crippen LogP contribution < -0.4 is 0 Å². The number of fused-ring (bicyclic) bond motifs is 1. The number of benzene rings is 1. The molecule has 0 bridgehead atoms. The van der Waals surface area contributed by atoms with Gasteiger partial charge in [-0.25, -0.2) is 19.4 Å². The largest absolute Gasteiger partial charge is 0.360 e. The van der Waals surface area contributed by atoms with Crippen molar-refractivity contribution < 1.29 is 9.13 Å². The molecule has 0 amide bonds. The third-order valence-corrected chi connectivity index (χ3v) is 6.91. The van der Waals surface area contributed by atoms with E-state index in [4.69, 9.17) is 16.3 Å². The summed E-state index contributed by atoms with van der Waals surface area (Å²) in [5.74, 6) is 0.630. The van der Waals surface area contributed by atoms with E-state index in [1.165, 1.54) is 6.07 Å². The van der Waals surface area contributed by atoms with Crippen LogP contribution in [0.2, 0.25) is 5.15 Å². The van der Waals surface area contributed by atoms with E-state index in [0.29, 0.717) is 36.0 Å². The van der Waals surface area contributed by atoms with Crippen molar-refractivity contribution in [3.8, 4) is 6.07 Å². The number of rotatable bonds is 7. The van der Waals surface area contributed by atoms with Crippen molar-refractivity contribution in [2.75, 3.05) is 31.1 Å². The molecule has 30 heavy (non-hydrogen) atoms. The van der Waals surface area contributed by atoms with Gasteiger partial charge in [-0.3, -0.25) is 0 Å². The van der Waals surface area contributed by atoms with Gasteiger partial charge in [-0.05, 0) is 55.9 Å². The Kier molecular flexibility index (Phi) is 6.76. The normalized spacial score (nSPS) is 12.3. The van der Waals surface area contributed by atoms with E-state index in [-0.39, 0.29) is 5.82 Å². The van der Waals surface area contributed by atoms with E-state index in [1.807, 2.05) is 24.5 Å². The van der Waals surface area contributed by atoms with Crippen LogP contribution in [0.4, 0.5) is 4.39 Å². The number of hydrogen-bond donors (Lipinski definition) is 0. The zero-order chi connectivity index (χ0) is 22.1. The number of ether oxygens (including phenoxy) is 1. The van der Waals surface area contributed by atoms with E-state index in [1.54, 1.807) is 12.3 Å². The molecule has 7 heteroatoms. The molecule has 0 aliphatic rings. The summed E-state index contributed by atoms with van der Waals surface area (Å²) in [7, 11) is -0.640. The number of nitrogens with zero attached hydrogens (tertiary/aromatic N) is 3. The predicted molar refractivity (Wildman–Crippen MR) is 124 cm³/mol. The molecule has 0 N–H and O–H groups in total. The third kappa shape index (κ3) is 4.80. The lowest BCUT2D eigenvalue weighted by atomic mass is 9.97. The molecule has 1 aromatic carbocycles. The molecule has 160 valence electrons. The van der Waals surface area contributed by atoms with Gasteiger partial charge in [0.05, 0.1) is 17.7 Å². The van der Waals surface area contributed by atoms with Crippen LogP contribution in [-0.2, 0) is 17.9 Å². The second kappa shape index (κ2) is 8.97. The van der Waals surface area contributed by atoms with Crippen molar-refractivity contribution in [2.45, 2.75) is 27.0 Å². The first kappa shape index (κ1) is 22.6. The highest BCUT2D eigenvalue weighted by Crippen LogP contribution is 2.35. The van der Waals surface area contributed by atoms with Gasteiger partial charge in [-0.2, -0.15) is 5.26 Å². The van der Waals surface area contributed by atoms with E-state index < -0.39 is 10.0 Å². The van der Waals surface area contributed by atoms with Gasteiger partial charge in [0.1, 0.15) is 23.8 Å². The minimum Gasteiger partial charge on any atom is -0.360 e. The first-order valence-corrected chi connectivity index (χ1v) is 13.1. The molecular weight excluding hydrogens is 421 g/mol. The number of aromatic nitrogens is 2. The van der Waals surface area contributed by atoms with E-state index in [9.17, 15) is 5.26 Å². The smallest absolute Gasteiger partial charge is 0.129 e. The average molecular weight is 448 g/mol. The maximum atomic E-state index is 15.1. The summed E-state index contributed by atoms with van der Waals surface area (Å²) in [6.45, 7) is 4.95. The molecule has 0 aliphatic carbocycles. The molecule has 0 unspecified atom stereocenters. The minimum absolute atomic E-state index is 0.321. The molecule has 0 radical (unpaired) electrons. The highest BCUT2D eigenvalue weighted by Gasteiger charge is 2.21. The lowest BCUT2D eigenvalue weighted by molar-refractivity contribution is 0.0914. The first-order valence-electron chi connectivity index (χ1n) is 9.67. The second-order valence-corrected chi connectivity index (χ2v) is 13.3. The Labute approximate surface area is 183 Å². The molecule has 4 nitrogen and oxygen atoms in total. The Morgan fingerprint density at radius 1 is 1.27 bits per heavy atom. The first-order chi connectivity index (χ1) is 14.1. The summed E-state index contributed by atoms with van der Waals surface area (Å²) >= 11 is 5.88. The summed E-state index contributed by atoms with van der Waals surface area (Å²) in [5, 5.41) is 10.9. The van der Waals surface area contributed by atoms with Crippen molar-refractivity contribution >= 4 is 32.5 Å². The van der Waals surface area contributed by atoms with E-state index >= 15 is 4.39 Å². The lowest BCUT2D eigenvalue weighted by Crippen LogP contribution is -2.11. The molecule has 3 rings (SSSR count). The van der Waals surface area contributed by atoms with Crippen molar-refractivity contribution in [1.29, 1.82) is 5.26 Å². The van der Waals surface area contributed by atoms with Gasteiger partial charge < -0.3 is 9.30 Å². The second-order valence-electron chi connectivity index (χ2n) is 8.36. The van der Waals surface area contributed by atoms with Crippen LogP contribution in [0.1, 0.15) is 27.9 Å². The SMILES string of the molecule is Cc1c(C)n(COCCS(C)(C)C)c2c(C#N)cc(F)c(Cc3ccc(Cl)nc3)c12. The summed E-state index contributed by atoms with van der Waals surface area (Å²) in [6, 6.07) is 7.03. The van der Waals surface area contributed by atoms with Gasteiger partial charge in [-0.1, -0.05) is 17.7 Å². The van der Waals surface area contributed by atoms with Crippen LogP contribution in [0.3, 0.4) is 0 Å². The van der Waals surface area contributed by atoms with Crippen LogP contribution in [0.25, 0.3) is 10.9 Å². The van der Waals surface area contributed by atoms with Gasteiger partial charge >= 0.3 is 0 Å². The molecule has 3 aromatic rings. The average Bonchev–Trinajstić information content (AvgIpc) is 2.93. The Bertz CT molecular complexity index is 1110. The van der Waals surface area contributed by atoms with Gasteiger partial charge in [0.15, 0.2) is 0 Å². The van der Waals surface area contributed by atoms with Crippen LogP contribution in [0.15, 0.2) is 24.4 Å². The monoisotopic (exact) mass is 447 g/mol. The van der Waals surface area contributed by atoms with Gasteiger partial charge in [0.25, 0.3) is 0 Å². The maximum absolute atomic E-state index is 15.1. The molecule has 0 aliphatic heterocycles. The van der Waals surface area contributed by atoms with Crippen LogP contribution in [-0.4, -0.2) is 40.7 Å². The number of nitriles is 1. The highest BCUT2D eigenvalue weighted by atomic mass is 35.5. The van der Waals surface area contributed by atoms with Crippen molar-refractivity contribution in [2.24, 2.45) is 0 Å². The minimum atomic E-state index is -0.640. The Hall–Kier alpha value is -2.07. The highest BCUT2D eigenvalue weighted by molar-refractivity contribution is 8.32. The molecule has 2 heterocycles.